The fourth-order valence-corrected chi connectivity index (χ4v) is 2.86. The predicted molar refractivity (Wildman–Crippen MR) is 90.2 cm³/mol. The van der Waals surface area contributed by atoms with Crippen molar-refractivity contribution in [3.63, 3.8) is 0 Å². The van der Waals surface area contributed by atoms with Crippen LogP contribution in [0.2, 0.25) is 5.15 Å². The van der Waals surface area contributed by atoms with Crippen LogP contribution in [0.5, 0.6) is 0 Å². The first-order valence-corrected chi connectivity index (χ1v) is 8.36. The molecule has 0 fully saturated rings. The Hall–Kier alpha value is -2.22. The van der Waals surface area contributed by atoms with Gasteiger partial charge in [-0.05, 0) is 24.1 Å². The molecular weight excluding hydrogens is 372 g/mol. The van der Waals surface area contributed by atoms with Crippen LogP contribution < -0.4 is 0 Å². The number of halogens is 5. The van der Waals surface area contributed by atoms with Gasteiger partial charge in [0, 0.05) is 17.7 Å². The molecule has 2 aromatic heterocycles. The summed E-state index contributed by atoms with van der Waals surface area (Å²) in [5.74, 6) is -0.846. The minimum Gasteiger partial charge on any atom is -0.244 e. The van der Waals surface area contributed by atoms with Crippen molar-refractivity contribution in [3.8, 4) is 11.1 Å². The Morgan fingerprint density at radius 3 is 2.46 bits per heavy atom. The quantitative estimate of drug-likeness (QED) is 0.448. The normalized spacial score (nSPS) is 13.3. The average molecular weight is 387 g/mol. The van der Waals surface area contributed by atoms with Crippen LogP contribution in [0.3, 0.4) is 0 Å². The van der Waals surface area contributed by atoms with Crippen molar-refractivity contribution < 1.29 is 17.6 Å². The molecule has 0 aliphatic heterocycles. The van der Waals surface area contributed by atoms with Crippen molar-refractivity contribution in [1.29, 1.82) is 0 Å². The van der Waals surface area contributed by atoms with Gasteiger partial charge in [-0.25, -0.2) is 9.67 Å². The van der Waals surface area contributed by atoms with Crippen LogP contribution in [0.25, 0.3) is 22.2 Å². The molecule has 9 heteroatoms. The molecule has 4 nitrogen and oxygen atoms in total. The van der Waals surface area contributed by atoms with E-state index in [9.17, 15) is 17.6 Å². The van der Waals surface area contributed by atoms with Gasteiger partial charge in [-0.3, -0.25) is 0 Å². The molecule has 0 aliphatic carbocycles. The summed E-state index contributed by atoms with van der Waals surface area (Å²) in [5.41, 5.74) is -1.73. The van der Waals surface area contributed by atoms with Gasteiger partial charge in [-0.1, -0.05) is 43.1 Å². The van der Waals surface area contributed by atoms with Crippen LogP contribution in [0, 0.1) is 11.9 Å². The largest absolute Gasteiger partial charge is 0.419 e. The molecule has 0 N–H and O–H groups in total. The SMILES string of the molecule is CCC(C)Cn1nnc2c(C(F)(F)F)c(-c3ccc(Cl)nc3F)ccc21. The number of alkyl halides is 3. The lowest BCUT2D eigenvalue weighted by molar-refractivity contribution is -0.135. The molecule has 0 aliphatic rings. The Morgan fingerprint density at radius 2 is 1.85 bits per heavy atom. The molecule has 0 bridgehead atoms. The molecule has 0 radical (unpaired) electrons. The average Bonchev–Trinajstić information content (AvgIpc) is 2.95. The predicted octanol–water partition coefficient (Wildman–Crippen LogP) is 5.35. The molecule has 1 aromatic carbocycles. The number of rotatable bonds is 4. The van der Waals surface area contributed by atoms with Gasteiger partial charge in [0.25, 0.3) is 0 Å². The summed E-state index contributed by atoms with van der Waals surface area (Å²) < 4.78 is 56.9. The van der Waals surface area contributed by atoms with E-state index in [-0.39, 0.29) is 33.2 Å². The summed E-state index contributed by atoms with van der Waals surface area (Å²) in [5, 5.41) is 7.46. The molecule has 0 saturated carbocycles. The highest BCUT2D eigenvalue weighted by atomic mass is 35.5. The van der Waals surface area contributed by atoms with E-state index in [2.05, 4.69) is 15.3 Å². The number of hydrogen-bond donors (Lipinski definition) is 0. The van der Waals surface area contributed by atoms with Crippen molar-refractivity contribution >= 4 is 22.6 Å². The number of aromatic nitrogens is 4. The maximum absolute atomic E-state index is 14.1. The monoisotopic (exact) mass is 386 g/mol. The van der Waals surface area contributed by atoms with E-state index in [1.54, 1.807) is 0 Å². The number of nitrogens with zero attached hydrogens (tertiary/aromatic N) is 4. The zero-order valence-corrected chi connectivity index (χ0v) is 14.7. The highest BCUT2D eigenvalue weighted by Gasteiger charge is 2.38. The molecule has 1 atom stereocenters. The zero-order chi connectivity index (χ0) is 19.1. The van der Waals surface area contributed by atoms with Crippen LogP contribution in [-0.4, -0.2) is 20.0 Å². The number of pyridine rings is 1. The standard InChI is InChI=1S/C17H15ClF4N4/c1-3-9(2)8-26-12-6-4-10(11-5-7-13(18)23-16(11)19)14(17(20,21)22)15(12)24-25-26/h4-7,9H,3,8H2,1-2H3. The molecule has 3 aromatic rings. The van der Waals surface area contributed by atoms with Crippen molar-refractivity contribution in [2.75, 3.05) is 0 Å². The lowest BCUT2D eigenvalue weighted by Crippen LogP contribution is -2.10. The molecule has 3 rings (SSSR count). The van der Waals surface area contributed by atoms with Gasteiger partial charge in [-0.2, -0.15) is 17.6 Å². The van der Waals surface area contributed by atoms with Crippen molar-refractivity contribution in [3.05, 3.63) is 40.9 Å². The highest BCUT2D eigenvalue weighted by molar-refractivity contribution is 6.29. The van der Waals surface area contributed by atoms with E-state index >= 15 is 0 Å². The lowest BCUT2D eigenvalue weighted by Gasteiger charge is -2.14. The van der Waals surface area contributed by atoms with Crippen LogP contribution in [-0.2, 0) is 12.7 Å². The fraction of sp³-hybridized carbons (Fsp3) is 0.353. The summed E-state index contributed by atoms with van der Waals surface area (Å²) in [7, 11) is 0. The summed E-state index contributed by atoms with van der Waals surface area (Å²) in [6, 6.07) is 5.10. The van der Waals surface area contributed by atoms with Crippen molar-refractivity contribution in [2.45, 2.75) is 33.0 Å². The maximum atomic E-state index is 14.1. The summed E-state index contributed by atoms with van der Waals surface area (Å²) in [4.78, 5) is 3.40. The second-order valence-corrected chi connectivity index (χ2v) is 6.50. The summed E-state index contributed by atoms with van der Waals surface area (Å²) >= 11 is 5.60. The number of hydrogen-bond acceptors (Lipinski definition) is 3. The Morgan fingerprint density at radius 1 is 1.15 bits per heavy atom. The number of benzene rings is 1. The first-order valence-electron chi connectivity index (χ1n) is 7.98. The lowest BCUT2D eigenvalue weighted by atomic mass is 9.98. The Kier molecular flexibility index (Phi) is 4.88. The van der Waals surface area contributed by atoms with E-state index in [4.69, 9.17) is 11.6 Å². The topological polar surface area (TPSA) is 43.6 Å². The van der Waals surface area contributed by atoms with Crippen LogP contribution in [0.4, 0.5) is 17.6 Å². The first kappa shape index (κ1) is 18.6. The third kappa shape index (κ3) is 3.38. The molecule has 138 valence electrons. The fourth-order valence-electron chi connectivity index (χ4n) is 2.72. The van der Waals surface area contributed by atoms with E-state index in [1.165, 1.54) is 28.9 Å². The van der Waals surface area contributed by atoms with E-state index < -0.39 is 17.7 Å². The van der Waals surface area contributed by atoms with E-state index in [1.807, 2.05) is 13.8 Å². The molecule has 0 spiro atoms. The Bertz CT molecular complexity index is 952. The van der Waals surface area contributed by atoms with Gasteiger partial charge in [0.1, 0.15) is 10.7 Å². The smallest absolute Gasteiger partial charge is 0.244 e. The first-order chi connectivity index (χ1) is 12.2. The molecule has 0 saturated heterocycles. The van der Waals surface area contributed by atoms with Gasteiger partial charge in [0.15, 0.2) is 0 Å². The number of fused-ring (bicyclic) bond motifs is 1. The van der Waals surface area contributed by atoms with Gasteiger partial charge in [-0.15, -0.1) is 5.10 Å². The molecular formula is C17H15ClF4N4. The van der Waals surface area contributed by atoms with Crippen LogP contribution >= 0.6 is 11.6 Å². The van der Waals surface area contributed by atoms with Crippen LogP contribution in [0.15, 0.2) is 24.3 Å². The van der Waals surface area contributed by atoms with E-state index in [0.717, 1.165) is 6.42 Å². The van der Waals surface area contributed by atoms with Crippen molar-refractivity contribution in [2.24, 2.45) is 5.92 Å². The highest BCUT2D eigenvalue weighted by Crippen LogP contribution is 2.41. The Balaban J connectivity index is 2.25. The van der Waals surface area contributed by atoms with Gasteiger partial charge >= 0.3 is 6.18 Å². The maximum Gasteiger partial charge on any atom is 0.419 e. The van der Waals surface area contributed by atoms with Crippen molar-refractivity contribution in [1.82, 2.24) is 20.0 Å². The third-order valence-corrected chi connectivity index (χ3v) is 4.47. The molecule has 1 unspecified atom stereocenters. The van der Waals surface area contributed by atoms with Gasteiger partial charge in [0.2, 0.25) is 5.95 Å². The molecule has 0 amide bonds. The van der Waals surface area contributed by atoms with Crippen LogP contribution in [0.1, 0.15) is 25.8 Å². The summed E-state index contributed by atoms with van der Waals surface area (Å²) in [6.07, 6.45) is -3.88. The second kappa shape index (κ2) is 6.83. The van der Waals surface area contributed by atoms with E-state index in [0.29, 0.717) is 6.54 Å². The van der Waals surface area contributed by atoms with Gasteiger partial charge in [0.05, 0.1) is 11.1 Å². The summed E-state index contributed by atoms with van der Waals surface area (Å²) in [6.45, 7) is 4.40. The van der Waals surface area contributed by atoms with Gasteiger partial charge < -0.3 is 0 Å². The third-order valence-electron chi connectivity index (χ3n) is 4.26. The minimum absolute atomic E-state index is 0.139. The Labute approximate surface area is 151 Å². The second-order valence-electron chi connectivity index (χ2n) is 6.11. The zero-order valence-electron chi connectivity index (χ0n) is 14.0. The molecule has 2 heterocycles. The molecule has 26 heavy (non-hydrogen) atoms. The minimum atomic E-state index is -4.74.